The smallest absolute Gasteiger partial charge is 0.340 e. The van der Waals surface area contributed by atoms with E-state index >= 15 is 0 Å². The molecule has 2 aromatic heterocycles. The molecule has 0 atom stereocenters. The van der Waals surface area contributed by atoms with Crippen LogP contribution in [-0.4, -0.2) is 28.0 Å². The van der Waals surface area contributed by atoms with Crippen LogP contribution in [-0.2, 0) is 17.7 Å². The van der Waals surface area contributed by atoms with E-state index in [1.165, 1.54) is 40.3 Å². The minimum Gasteiger partial charge on any atom is -0.465 e. The first-order chi connectivity index (χ1) is 17.6. The van der Waals surface area contributed by atoms with E-state index in [9.17, 15) is 4.79 Å². The highest BCUT2D eigenvalue weighted by molar-refractivity contribution is 7.80. The molecule has 180 valence electrons. The Kier molecular flexibility index (Phi) is 7.06. The highest BCUT2D eigenvalue weighted by Gasteiger charge is 2.18. The van der Waals surface area contributed by atoms with Crippen molar-refractivity contribution in [1.82, 2.24) is 9.78 Å². The first kappa shape index (κ1) is 23.7. The third-order valence-electron chi connectivity index (χ3n) is 5.73. The maximum Gasteiger partial charge on any atom is 0.340 e. The van der Waals surface area contributed by atoms with Gasteiger partial charge in [-0.05, 0) is 40.2 Å². The Balaban J connectivity index is 1.28. The molecular weight excluding hydrogens is 488 g/mol. The topological polar surface area (TPSA) is 68.2 Å². The number of nitrogens with zero attached hydrogens (tertiary/aromatic N) is 2. The van der Waals surface area contributed by atoms with Crippen molar-refractivity contribution in [3.05, 3.63) is 113 Å². The Morgan fingerprint density at radius 1 is 1.00 bits per heavy atom. The molecule has 0 amide bonds. The molecule has 0 saturated carbocycles. The standard InChI is InChI=1S/C28H24N4O2S2/c1-34-27(33)24-17-22(16-19-8-3-2-4-9-19)36-26(24)30-28(35)29-25-14-15-32(31-25)18-21-12-7-11-20-10-5-6-13-23(20)21/h2-15,17H,16,18H2,1H3,(H2,29,30,31,35). The molecule has 0 saturated heterocycles. The summed E-state index contributed by atoms with van der Waals surface area (Å²) in [6.07, 6.45) is 2.63. The number of thiocarbonyl (C=S) groups is 1. The number of ether oxygens (including phenoxy) is 1. The van der Waals surface area contributed by atoms with Crippen LogP contribution < -0.4 is 10.6 Å². The first-order valence-corrected chi connectivity index (χ1v) is 12.6. The monoisotopic (exact) mass is 512 g/mol. The summed E-state index contributed by atoms with van der Waals surface area (Å²) in [6.45, 7) is 0.642. The minimum absolute atomic E-state index is 0.351. The molecule has 3 aromatic carbocycles. The summed E-state index contributed by atoms with van der Waals surface area (Å²) >= 11 is 7.00. The lowest BCUT2D eigenvalue weighted by Crippen LogP contribution is -2.20. The number of anilines is 2. The molecular formula is C28H24N4O2S2. The van der Waals surface area contributed by atoms with Gasteiger partial charge >= 0.3 is 5.97 Å². The number of hydrogen-bond acceptors (Lipinski definition) is 5. The van der Waals surface area contributed by atoms with Crippen molar-refractivity contribution in [1.29, 1.82) is 0 Å². The van der Waals surface area contributed by atoms with Crippen molar-refractivity contribution >= 4 is 56.2 Å². The summed E-state index contributed by atoms with van der Waals surface area (Å²) in [7, 11) is 1.37. The molecule has 5 aromatic rings. The van der Waals surface area contributed by atoms with Crippen LogP contribution in [0.4, 0.5) is 10.8 Å². The Labute approximate surface area is 218 Å². The van der Waals surface area contributed by atoms with E-state index in [1.807, 2.05) is 53.3 Å². The second-order valence-corrected chi connectivity index (χ2v) is 9.77. The summed E-state index contributed by atoms with van der Waals surface area (Å²) in [5.41, 5.74) is 2.81. The van der Waals surface area contributed by atoms with Crippen LogP contribution in [0.25, 0.3) is 10.8 Å². The van der Waals surface area contributed by atoms with Gasteiger partial charge in [-0.25, -0.2) is 4.79 Å². The van der Waals surface area contributed by atoms with E-state index in [0.29, 0.717) is 28.0 Å². The lowest BCUT2D eigenvalue weighted by atomic mass is 10.0. The average Bonchev–Trinajstić information content (AvgIpc) is 3.50. The first-order valence-electron chi connectivity index (χ1n) is 11.4. The lowest BCUT2D eigenvalue weighted by Gasteiger charge is -2.09. The molecule has 36 heavy (non-hydrogen) atoms. The van der Waals surface area contributed by atoms with E-state index in [0.717, 1.165) is 11.3 Å². The Morgan fingerprint density at radius 3 is 2.61 bits per heavy atom. The van der Waals surface area contributed by atoms with Crippen molar-refractivity contribution in [3.63, 3.8) is 0 Å². The van der Waals surface area contributed by atoms with Crippen LogP contribution in [0, 0.1) is 0 Å². The Bertz CT molecular complexity index is 1520. The van der Waals surface area contributed by atoms with E-state index in [2.05, 4.69) is 58.2 Å². The van der Waals surface area contributed by atoms with E-state index in [1.54, 1.807) is 0 Å². The molecule has 2 heterocycles. The maximum atomic E-state index is 12.4. The molecule has 0 bridgehead atoms. The van der Waals surface area contributed by atoms with E-state index in [-0.39, 0.29) is 0 Å². The van der Waals surface area contributed by atoms with Gasteiger partial charge in [0.1, 0.15) is 5.00 Å². The molecule has 0 spiro atoms. The average molecular weight is 513 g/mol. The lowest BCUT2D eigenvalue weighted by molar-refractivity contribution is 0.0602. The Hall–Kier alpha value is -4.01. The van der Waals surface area contributed by atoms with Crippen molar-refractivity contribution in [2.45, 2.75) is 13.0 Å². The predicted molar refractivity (Wildman–Crippen MR) is 150 cm³/mol. The minimum atomic E-state index is -0.407. The molecule has 8 heteroatoms. The van der Waals surface area contributed by atoms with Gasteiger partial charge in [0, 0.05) is 23.6 Å². The largest absolute Gasteiger partial charge is 0.465 e. The van der Waals surface area contributed by atoms with Gasteiger partial charge in [-0.3, -0.25) is 4.68 Å². The van der Waals surface area contributed by atoms with Gasteiger partial charge in [0.25, 0.3) is 0 Å². The van der Waals surface area contributed by atoms with Crippen LogP contribution in [0.15, 0.2) is 91.1 Å². The van der Waals surface area contributed by atoms with Gasteiger partial charge in [0.2, 0.25) is 0 Å². The van der Waals surface area contributed by atoms with Crippen LogP contribution in [0.1, 0.15) is 26.4 Å². The van der Waals surface area contributed by atoms with Crippen molar-refractivity contribution in [3.8, 4) is 0 Å². The van der Waals surface area contributed by atoms with E-state index < -0.39 is 5.97 Å². The number of rotatable bonds is 7. The zero-order chi connectivity index (χ0) is 24.9. The number of carbonyl (C=O) groups excluding carboxylic acids is 1. The predicted octanol–water partition coefficient (Wildman–Crippen LogP) is 6.33. The van der Waals surface area contributed by atoms with Gasteiger partial charge < -0.3 is 15.4 Å². The Morgan fingerprint density at radius 2 is 1.78 bits per heavy atom. The van der Waals surface area contributed by atoms with Crippen molar-refractivity contribution in [2.75, 3.05) is 17.7 Å². The number of fused-ring (bicyclic) bond motifs is 1. The summed E-state index contributed by atoms with van der Waals surface area (Å²) < 4.78 is 6.85. The molecule has 0 unspecified atom stereocenters. The third-order valence-corrected chi connectivity index (χ3v) is 6.99. The summed E-state index contributed by atoms with van der Waals surface area (Å²) in [5, 5.41) is 14.3. The summed E-state index contributed by atoms with van der Waals surface area (Å²) in [4.78, 5) is 13.4. The highest BCUT2D eigenvalue weighted by atomic mass is 32.1. The number of nitrogens with one attached hydrogen (secondary N) is 2. The molecule has 0 aliphatic rings. The summed E-state index contributed by atoms with van der Waals surface area (Å²) in [5.74, 6) is 0.212. The van der Waals surface area contributed by atoms with Crippen LogP contribution in [0.3, 0.4) is 0 Å². The quantitative estimate of drug-likeness (QED) is 0.196. The van der Waals surface area contributed by atoms with Crippen molar-refractivity contribution in [2.24, 2.45) is 0 Å². The molecule has 0 aliphatic carbocycles. The zero-order valence-electron chi connectivity index (χ0n) is 19.6. The maximum absolute atomic E-state index is 12.4. The number of methoxy groups -OCH3 is 1. The number of benzene rings is 3. The molecule has 0 fully saturated rings. The van der Waals surface area contributed by atoms with Gasteiger partial charge in [-0.1, -0.05) is 72.8 Å². The molecule has 2 N–H and O–H groups in total. The number of aromatic nitrogens is 2. The highest BCUT2D eigenvalue weighted by Crippen LogP contribution is 2.31. The second-order valence-electron chi connectivity index (χ2n) is 8.23. The summed E-state index contributed by atoms with van der Waals surface area (Å²) in [6, 6.07) is 28.4. The van der Waals surface area contributed by atoms with Crippen LogP contribution >= 0.6 is 23.6 Å². The number of carbonyl (C=O) groups is 1. The van der Waals surface area contributed by atoms with Gasteiger partial charge in [-0.15, -0.1) is 11.3 Å². The third kappa shape index (κ3) is 5.45. The molecule has 5 rings (SSSR count). The number of esters is 1. The normalized spacial score (nSPS) is 10.8. The van der Waals surface area contributed by atoms with Crippen LogP contribution in [0.2, 0.25) is 0 Å². The van der Waals surface area contributed by atoms with Gasteiger partial charge in [0.05, 0.1) is 19.2 Å². The fourth-order valence-electron chi connectivity index (χ4n) is 4.05. The molecule has 0 radical (unpaired) electrons. The fraction of sp³-hybridized carbons (Fsp3) is 0.107. The number of hydrogen-bond donors (Lipinski definition) is 2. The van der Waals surface area contributed by atoms with Crippen molar-refractivity contribution < 1.29 is 9.53 Å². The SMILES string of the molecule is COC(=O)c1cc(Cc2ccccc2)sc1NC(=S)Nc1ccn(Cc2cccc3ccccc23)n1. The van der Waals surface area contributed by atoms with Gasteiger partial charge in [-0.2, -0.15) is 5.10 Å². The second kappa shape index (κ2) is 10.7. The van der Waals surface area contributed by atoms with E-state index in [4.69, 9.17) is 17.0 Å². The number of thiophene rings is 1. The fourth-order valence-corrected chi connectivity index (χ4v) is 5.41. The zero-order valence-corrected chi connectivity index (χ0v) is 21.2. The molecule has 6 nitrogen and oxygen atoms in total. The molecule has 0 aliphatic heterocycles. The van der Waals surface area contributed by atoms with Gasteiger partial charge in [0.15, 0.2) is 10.9 Å². The van der Waals surface area contributed by atoms with Crippen LogP contribution in [0.5, 0.6) is 0 Å².